The van der Waals surface area contributed by atoms with Gasteiger partial charge in [0.1, 0.15) is 18.1 Å². The van der Waals surface area contributed by atoms with Crippen LogP contribution in [0.2, 0.25) is 0 Å². The quantitative estimate of drug-likeness (QED) is 0.579. The lowest BCUT2D eigenvalue weighted by atomic mass is 9.63. The van der Waals surface area contributed by atoms with Gasteiger partial charge in [0.05, 0.1) is 19.3 Å². The molecule has 0 saturated heterocycles. The first kappa shape index (κ1) is 21.2. The number of fused-ring (bicyclic) bond motifs is 1. The van der Waals surface area contributed by atoms with Crippen LogP contribution in [-0.2, 0) is 22.2 Å². The number of hydrogen-bond donors (Lipinski definition) is 0. The summed E-state index contributed by atoms with van der Waals surface area (Å²) in [4.78, 5) is 11.8. The molecule has 0 aliphatic heterocycles. The van der Waals surface area contributed by atoms with Crippen LogP contribution in [0.4, 0.5) is 0 Å². The largest absolute Gasteiger partial charge is 0.496 e. The van der Waals surface area contributed by atoms with Crippen molar-refractivity contribution >= 4 is 5.97 Å². The molecule has 0 radical (unpaired) electrons. The van der Waals surface area contributed by atoms with Gasteiger partial charge in [0.15, 0.2) is 0 Å². The molecule has 0 heterocycles. The average Bonchev–Trinajstić information content (AvgIpc) is 2.70. The summed E-state index contributed by atoms with van der Waals surface area (Å²) in [5.41, 5.74) is 4.58. The Bertz CT molecular complexity index is 878. The molecule has 0 aromatic heterocycles. The maximum Gasteiger partial charge on any atom is 0.338 e. The molecule has 0 unspecified atom stereocenters. The maximum absolute atomic E-state index is 11.8. The zero-order valence-corrected chi connectivity index (χ0v) is 18.4. The van der Waals surface area contributed by atoms with Gasteiger partial charge in [-0.05, 0) is 78.1 Å². The third-order valence-electron chi connectivity index (χ3n) is 6.01. The minimum absolute atomic E-state index is 0.132. The van der Waals surface area contributed by atoms with E-state index in [1.165, 1.54) is 17.5 Å². The molecule has 0 fully saturated rings. The molecule has 0 spiro atoms. The summed E-state index contributed by atoms with van der Waals surface area (Å²) < 4.78 is 16.7. The Morgan fingerprint density at radius 2 is 1.55 bits per heavy atom. The molecule has 1 aliphatic carbocycles. The number of carbonyl (C=O) groups excluding carboxylic acids is 1. The molecule has 0 atom stereocenters. The molecule has 0 saturated carbocycles. The second kappa shape index (κ2) is 8.10. The zero-order valence-electron chi connectivity index (χ0n) is 18.4. The van der Waals surface area contributed by atoms with E-state index in [1.807, 2.05) is 0 Å². The maximum atomic E-state index is 11.8. The standard InChI is InChI=1S/C25H32O4/c1-7-28-23(26)17-8-10-19(11-9-17)29-16-18-14-20-21(15-22(18)27-6)25(4,5)13-12-24(20,2)3/h8-11,14-15H,7,12-13,16H2,1-6H3. The van der Waals surface area contributed by atoms with Gasteiger partial charge < -0.3 is 14.2 Å². The molecule has 156 valence electrons. The van der Waals surface area contributed by atoms with Gasteiger partial charge in [0.25, 0.3) is 0 Å². The van der Waals surface area contributed by atoms with E-state index in [2.05, 4.69) is 39.8 Å². The monoisotopic (exact) mass is 396 g/mol. The zero-order chi connectivity index (χ0) is 21.2. The Hall–Kier alpha value is -2.49. The van der Waals surface area contributed by atoms with E-state index < -0.39 is 0 Å². The molecule has 3 rings (SSSR count). The Labute approximate surface area is 174 Å². The van der Waals surface area contributed by atoms with Crippen molar-refractivity contribution in [2.45, 2.75) is 64.9 Å². The molecule has 4 heteroatoms. The minimum Gasteiger partial charge on any atom is -0.496 e. The van der Waals surface area contributed by atoms with Gasteiger partial charge in [0.2, 0.25) is 0 Å². The highest BCUT2D eigenvalue weighted by molar-refractivity contribution is 5.89. The Morgan fingerprint density at radius 1 is 0.966 bits per heavy atom. The van der Waals surface area contributed by atoms with Crippen molar-refractivity contribution in [3.05, 3.63) is 58.7 Å². The van der Waals surface area contributed by atoms with Crippen LogP contribution < -0.4 is 9.47 Å². The summed E-state index contributed by atoms with van der Waals surface area (Å²) in [5, 5.41) is 0. The van der Waals surface area contributed by atoms with E-state index in [0.717, 1.165) is 17.7 Å². The van der Waals surface area contributed by atoms with Gasteiger partial charge in [-0.1, -0.05) is 27.7 Å². The van der Waals surface area contributed by atoms with Crippen LogP contribution in [0.1, 0.15) is 74.5 Å². The fraction of sp³-hybridized carbons (Fsp3) is 0.480. The SMILES string of the molecule is CCOC(=O)c1ccc(OCc2cc3c(cc2OC)C(C)(C)CCC3(C)C)cc1. The Kier molecular flexibility index (Phi) is 5.92. The molecule has 0 bridgehead atoms. The molecule has 4 nitrogen and oxygen atoms in total. The highest BCUT2D eigenvalue weighted by atomic mass is 16.5. The first-order valence-corrected chi connectivity index (χ1v) is 10.3. The normalized spacial score (nSPS) is 16.6. The predicted octanol–water partition coefficient (Wildman–Crippen LogP) is 5.80. The lowest BCUT2D eigenvalue weighted by Crippen LogP contribution is -2.34. The van der Waals surface area contributed by atoms with Crippen LogP contribution in [0.25, 0.3) is 0 Å². The molecule has 2 aromatic carbocycles. The van der Waals surface area contributed by atoms with Crippen molar-refractivity contribution in [2.24, 2.45) is 0 Å². The van der Waals surface area contributed by atoms with E-state index in [4.69, 9.17) is 14.2 Å². The van der Waals surface area contributed by atoms with Gasteiger partial charge >= 0.3 is 5.97 Å². The Balaban J connectivity index is 1.83. The van der Waals surface area contributed by atoms with Crippen LogP contribution in [-0.4, -0.2) is 19.7 Å². The molecular formula is C25H32O4. The van der Waals surface area contributed by atoms with Crippen LogP contribution in [0, 0.1) is 0 Å². The van der Waals surface area contributed by atoms with Gasteiger partial charge in [-0.3, -0.25) is 0 Å². The minimum atomic E-state index is -0.319. The summed E-state index contributed by atoms with van der Waals surface area (Å²) in [7, 11) is 1.71. The van der Waals surface area contributed by atoms with Gasteiger partial charge in [-0.15, -0.1) is 0 Å². The number of benzene rings is 2. The van der Waals surface area contributed by atoms with Crippen molar-refractivity contribution in [1.29, 1.82) is 0 Å². The highest BCUT2D eigenvalue weighted by Gasteiger charge is 2.37. The summed E-state index contributed by atoms with van der Waals surface area (Å²) in [6.07, 6.45) is 2.33. The van der Waals surface area contributed by atoms with Crippen LogP contribution in [0.3, 0.4) is 0 Å². The smallest absolute Gasteiger partial charge is 0.338 e. The lowest BCUT2D eigenvalue weighted by Gasteiger charge is -2.42. The summed E-state index contributed by atoms with van der Waals surface area (Å²) in [5.74, 6) is 1.25. The van der Waals surface area contributed by atoms with E-state index in [-0.39, 0.29) is 16.8 Å². The van der Waals surface area contributed by atoms with E-state index in [0.29, 0.717) is 24.5 Å². The topological polar surface area (TPSA) is 44.8 Å². The lowest BCUT2D eigenvalue weighted by molar-refractivity contribution is 0.0526. The predicted molar refractivity (Wildman–Crippen MR) is 115 cm³/mol. The highest BCUT2D eigenvalue weighted by Crippen LogP contribution is 2.47. The third kappa shape index (κ3) is 4.42. The van der Waals surface area contributed by atoms with Crippen molar-refractivity contribution in [1.82, 2.24) is 0 Å². The van der Waals surface area contributed by atoms with Crippen molar-refractivity contribution in [2.75, 3.05) is 13.7 Å². The number of methoxy groups -OCH3 is 1. The fourth-order valence-electron chi connectivity index (χ4n) is 4.00. The van der Waals surface area contributed by atoms with E-state index >= 15 is 0 Å². The third-order valence-corrected chi connectivity index (χ3v) is 6.01. The summed E-state index contributed by atoms with van der Waals surface area (Å²) >= 11 is 0. The first-order chi connectivity index (χ1) is 13.7. The van der Waals surface area contributed by atoms with Crippen molar-refractivity contribution in [3.63, 3.8) is 0 Å². The molecule has 0 N–H and O–H groups in total. The molecule has 29 heavy (non-hydrogen) atoms. The number of carbonyl (C=O) groups is 1. The molecule has 2 aromatic rings. The van der Waals surface area contributed by atoms with Crippen LogP contribution in [0.15, 0.2) is 36.4 Å². The number of hydrogen-bond acceptors (Lipinski definition) is 4. The number of ether oxygens (including phenoxy) is 3. The van der Waals surface area contributed by atoms with Gasteiger partial charge in [-0.2, -0.15) is 0 Å². The second-order valence-corrected chi connectivity index (χ2v) is 9.01. The summed E-state index contributed by atoms with van der Waals surface area (Å²) in [6, 6.07) is 11.5. The number of rotatable bonds is 6. The second-order valence-electron chi connectivity index (χ2n) is 9.01. The van der Waals surface area contributed by atoms with Crippen molar-refractivity contribution < 1.29 is 19.0 Å². The fourth-order valence-corrected chi connectivity index (χ4v) is 4.00. The number of esters is 1. The molecule has 1 aliphatic rings. The van der Waals surface area contributed by atoms with Gasteiger partial charge in [0, 0.05) is 5.56 Å². The van der Waals surface area contributed by atoms with Crippen LogP contribution >= 0.6 is 0 Å². The first-order valence-electron chi connectivity index (χ1n) is 10.3. The van der Waals surface area contributed by atoms with E-state index in [1.54, 1.807) is 38.3 Å². The van der Waals surface area contributed by atoms with E-state index in [9.17, 15) is 4.79 Å². The van der Waals surface area contributed by atoms with Gasteiger partial charge in [-0.25, -0.2) is 4.79 Å². The average molecular weight is 397 g/mol. The Morgan fingerprint density at radius 3 is 2.10 bits per heavy atom. The van der Waals surface area contributed by atoms with Crippen LogP contribution in [0.5, 0.6) is 11.5 Å². The molecule has 0 amide bonds. The summed E-state index contributed by atoms with van der Waals surface area (Å²) in [6.45, 7) is 11.8. The molecular weight excluding hydrogens is 364 g/mol. The van der Waals surface area contributed by atoms with Crippen molar-refractivity contribution in [3.8, 4) is 11.5 Å².